The number of anilines is 1. The van der Waals surface area contributed by atoms with Crippen LogP contribution in [0.1, 0.15) is 24.4 Å². The third-order valence-corrected chi connectivity index (χ3v) is 6.05. The number of amidine groups is 1. The third kappa shape index (κ3) is 4.58. The summed E-state index contributed by atoms with van der Waals surface area (Å²) in [5.41, 5.74) is 5.64. The lowest BCUT2D eigenvalue weighted by Crippen LogP contribution is -2.28. The van der Waals surface area contributed by atoms with Crippen molar-refractivity contribution in [3.8, 4) is 23.0 Å². The fraction of sp³-hybridized carbons (Fsp3) is 0.217. The highest BCUT2D eigenvalue weighted by Gasteiger charge is 2.44. The van der Waals surface area contributed by atoms with E-state index in [1.54, 1.807) is 29.8 Å². The molecule has 0 saturated heterocycles. The van der Waals surface area contributed by atoms with Gasteiger partial charge in [0, 0.05) is 24.5 Å². The van der Waals surface area contributed by atoms with E-state index in [1.165, 1.54) is 29.0 Å². The zero-order chi connectivity index (χ0) is 27.0. The molecule has 15 heteroatoms. The topological polar surface area (TPSA) is 125 Å². The van der Waals surface area contributed by atoms with Crippen molar-refractivity contribution in [1.29, 1.82) is 0 Å². The maximum absolute atomic E-state index is 15.5. The van der Waals surface area contributed by atoms with E-state index in [0.29, 0.717) is 23.8 Å². The van der Waals surface area contributed by atoms with Crippen molar-refractivity contribution in [2.45, 2.75) is 32.0 Å². The molecule has 3 N–H and O–H groups in total. The Kier molecular flexibility index (Phi) is 6.57. The van der Waals surface area contributed by atoms with E-state index in [-0.39, 0.29) is 28.2 Å². The number of halogens is 5. The van der Waals surface area contributed by atoms with Crippen LogP contribution in [0.4, 0.5) is 23.5 Å². The summed E-state index contributed by atoms with van der Waals surface area (Å²) in [6.07, 6.45) is 5.28. The second-order valence-corrected chi connectivity index (χ2v) is 8.67. The third-order valence-electron chi connectivity index (χ3n) is 5.72. The van der Waals surface area contributed by atoms with Crippen molar-refractivity contribution in [3.05, 3.63) is 71.4 Å². The molecule has 1 aliphatic rings. The molecule has 0 unspecified atom stereocenters. The van der Waals surface area contributed by atoms with Crippen molar-refractivity contribution in [2.75, 3.05) is 5.32 Å². The largest absolute Gasteiger partial charge is 0.404 e. The van der Waals surface area contributed by atoms with Crippen LogP contribution in [-0.4, -0.2) is 46.7 Å². The van der Waals surface area contributed by atoms with E-state index < -0.39 is 24.3 Å². The van der Waals surface area contributed by atoms with Crippen molar-refractivity contribution in [3.63, 3.8) is 0 Å². The molecule has 5 rings (SSSR count). The monoisotopic (exact) mass is 546 g/mol. The van der Waals surface area contributed by atoms with Gasteiger partial charge in [0.2, 0.25) is 17.6 Å². The molecule has 38 heavy (non-hydrogen) atoms. The quantitative estimate of drug-likeness (QED) is 0.158. The fourth-order valence-corrected chi connectivity index (χ4v) is 4.38. The minimum atomic E-state index is -3.50. The zero-order valence-corrected chi connectivity index (χ0v) is 20.4. The minimum Gasteiger partial charge on any atom is -0.404 e. The van der Waals surface area contributed by atoms with Crippen LogP contribution >= 0.6 is 11.6 Å². The first kappa shape index (κ1) is 25.3. The average Bonchev–Trinajstić information content (AvgIpc) is 3.50. The van der Waals surface area contributed by atoms with E-state index in [9.17, 15) is 8.78 Å². The van der Waals surface area contributed by atoms with Gasteiger partial charge in [-0.25, -0.2) is 19.9 Å². The van der Waals surface area contributed by atoms with Crippen LogP contribution in [0.15, 0.2) is 60.0 Å². The fourth-order valence-electron chi connectivity index (χ4n) is 4.12. The smallest absolute Gasteiger partial charge is 0.333 e. The lowest BCUT2D eigenvalue weighted by atomic mass is 10.1. The molecule has 1 atom stereocenters. The maximum atomic E-state index is 15.5. The van der Waals surface area contributed by atoms with Gasteiger partial charge >= 0.3 is 12.5 Å². The van der Waals surface area contributed by atoms with Crippen molar-refractivity contribution >= 4 is 23.4 Å². The molecule has 3 aromatic heterocycles. The van der Waals surface area contributed by atoms with Crippen LogP contribution in [0, 0.1) is 0 Å². The Morgan fingerprint density at radius 3 is 2.71 bits per heavy atom. The molecule has 0 bridgehead atoms. The summed E-state index contributed by atoms with van der Waals surface area (Å²) in [4.78, 5) is 16.0. The first-order valence-corrected chi connectivity index (χ1v) is 11.6. The second kappa shape index (κ2) is 9.85. The molecule has 0 saturated carbocycles. The molecular formula is C23H19ClF4N10. The van der Waals surface area contributed by atoms with E-state index in [0.717, 1.165) is 12.3 Å². The van der Waals surface area contributed by atoms with Gasteiger partial charge in [0.05, 0.1) is 16.8 Å². The number of fused-ring (bicyclic) bond motifs is 3. The van der Waals surface area contributed by atoms with Gasteiger partial charge in [0.1, 0.15) is 11.5 Å². The van der Waals surface area contributed by atoms with Crippen molar-refractivity contribution in [1.82, 2.24) is 34.3 Å². The van der Waals surface area contributed by atoms with Crippen LogP contribution in [0.3, 0.4) is 0 Å². The van der Waals surface area contributed by atoms with Crippen LogP contribution in [-0.2, 0) is 12.5 Å². The van der Waals surface area contributed by atoms with Gasteiger partial charge in [-0.3, -0.25) is 4.57 Å². The molecule has 0 aliphatic carbocycles. The summed E-state index contributed by atoms with van der Waals surface area (Å²) in [6, 6.07) is 6.81. The predicted octanol–water partition coefficient (Wildman–Crippen LogP) is 4.47. The Morgan fingerprint density at radius 1 is 1.18 bits per heavy atom. The van der Waals surface area contributed by atoms with E-state index >= 15 is 8.78 Å². The number of hydrogen-bond acceptors (Lipinski definition) is 7. The number of hydrogen-bond donors (Lipinski definition) is 2. The lowest BCUT2D eigenvalue weighted by molar-refractivity contribution is 0.0269. The van der Waals surface area contributed by atoms with Crippen LogP contribution in [0.2, 0.25) is 5.02 Å². The molecule has 10 nitrogen and oxygen atoms in total. The number of benzene rings is 1. The molecule has 0 spiro atoms. The Balaban J connectivity index is 1.51. The summed E-state index contributed by atoms with van der Waals surface area (Å²) >= 11 is 6.06. The van der Waals surface area contributed by atoms with Gasteiger partial charge in [-0.15, -0.1) is 10.2 Å². The number of nitrogens with one attached hydrogen (secondary N) is 1. The molecule has 196 valence electrons. The molecule has 0 amide bonds. The number of imidazole rings is 1. The summed E-state index contributed by atoms with van der Waals surface area (Å²) in [6.45, 7) is -0.892. The van der Waals surface area contributed by atoms with E-state index in [2.05, 4.69) is 35.5 Å². The van der Waals surface area contributed by atoms with Gasteiger partial charge < -0.3 is 15.6 Å². The standard InChI is InChI=1S/C23H19ClF4N10/c1-12-10-37-11-16(15-7-9-30-22(32-15)34-17(6-8-29)33-21(25)26)31-18(37)19-35-36-20(38(12)19)23(27,28)13-4-2-3-5-14(13)24/h2-9,11-12,21H,10,29H2,1H3,(H,30,32,33,34)/t12-/m0/s1. The average molecular weight is 547 g/mol. The zero-order valence-electron chi connectivity index (χ0n) is 19.6. The summed E-state index contributed by atoms with van der Waals surface area (Å²) in [5, 5.41) is 10.4. The van der Waals surface area contributed by atoms with Gasteiger partial charge in [-0.05, 0) is 31.3 Å². The molecule has 0 radical (unpaired) electrons. The Labute approximate surface area is 217 Å². The number of aliphatic imine (C=N–C) groups is 1. The highest BCUT2D eigenvalue weighted by Crippen LogP contribution is 2.42. The van der Waals surface area contributed by atoms with Crippen molar-refractivity contribution < 1.29 is 17.6 Å². The Bertz CT molecular complexity index is 1540. The molecule has 4 aromatic rings. The molecule has 1 aliphatic heterocycles. The minimum absolute atomic E-state index is 0.0239. The van der Waals surface area contributed by atoms with E-state index in [1.807, 2.05) is 0 Å². The second-order valence-electron chi connectivity index (χ2n) is 8.26. The van der Waals surface area contributed by atoms with Crippen LogP contribution < -0.4 is 11.1 Å². The first-order valence-electron chi connectivity index (χ1n) is 11.2. The SMILES string of the molecule is C[C@H]1Cn2cc(-c3ccnc(NC(C=CN)=NC(F)F)n3)nc2-c2nnc(C(F)(F)c3ccccc3Cl)n21. The lowest BCUT2D eigenvalue weighted by Gasteiger charge is -2.26. The molecule has 1 aromatic carbocycles. The van der Waals surface area contributed by atoms with Gasteiger partial charge in [0.15, 0.2) is 5.82 Å². The number of nitrogens with zero attached hydrogens (tertiary/aromatic N) is 8. The highest BCUT2D eigenvalue weighted by molar-refractivity contribution is 6.31. The summed E-state index contributed by atoms with van der Waals surface area (Å²) in [7, 11) is 0. The molecular weight excluding hydrogens is 528 g/mol. The first-order chi connectivity index (χ1) is 18.2. The Hall–Kier alpha value is -4.33. The maximum Gasteiger partial charge on any atom is 0.333 e. The van der Waals surface area contributed by atoms with Crippen LogP contribution in [0.25, 0.3) is 23.0 Å². The number of nitrogens with two attached hydrogens (primary N) is 1. The normalized spacial score (nSPS) is 15.7. The number of alkyl halides is 4. The summed E-state index contributed by atoms with van der Waals surface area (Å²) in [5.74, 6) is -3.84. The van der Waals surface area contributed by atoms with Crippen LogP contribution in [0.5, 0.6) is 0 Å². The van der Waals surface area contributed by atoms with Gasteiger partial charge in [-0.2, -0.15) is 17.6 Å². The summed E-state index contributed by atoms with van der Waals surface area (Å²) < 4.78 is 59.6. The highest BCUT2D eigenvalue weighted by atomic mass is 35.5. The van der Waals surface area contributed by atoms with Gasteiger partial charge in [-0.1, -0.05) is 29.8 Å². The van der Waals surface area contributed by atoms with Gasteiger partial charge in [0.25, 0.3) is 0 Å². The number of aromatic nitrogens is 7. The molecule has 0 fully saturated rings. The van der Waals surface area contributed by atoms with E-state index in [4.69, 9.17) is 17.3 Å². The number of rotatable bonds is 6. The Morgan fingerprint density at radius 2 is 1.97 bits per heavy atom. The predicted molar refractivity (Wildman–Crippen MR) is 132 cm³/mol. The molecule has 4 heterocycles. The van der Waals surface area contributed by atoms with Crippen molar-refractivity contribution in [2.24, 2.45) is 10.7 Å².